The number of amides is 2. The molecule has 2 aromatic rings. The highest BCUT2D eigenvalue weighted by Gasteiger charge is 2.29. The van der Waals surface area contributed by atoms with Gasteiger partial charge in [0.2, 0.25) is 5.91 Å². The molecule has 0 aromatic heterocycles. The average Bonchev–Trinajstić information content (AvgIpc) is 3.63. The largest absolute Gasteiger partial charge is 0.493 e. The van der Waals surface area contributed by atoms with E-state index in [-0.39, 0.29) is 23.9 Å². The van der Waals surface area contributed by atoms with Gasteiger partial charge < -0.3 is 24.8 Å². The molecule has 1 aliphatic rings. The van der Waals surface area contributed by atoms with Crippen LogP contribution in [0.3, 0.4) is 0 Å². The second-order valence-corrected chi connectivity index (χ2v) is 7.30. The number of hydrogen-bond donors (Lipinski definition) is 2. The number of benzene rings is 2. The van der Waals surface area contributed by atoms with Crippen LogP contribution >= 0.6 is 0 Å². The van der Waals surface area contributed by atoms with Gasteiger partial charge in [0.1, 0.15) is 0 Å². The van der Waals surface area contributed by atoms with Gasteiger partial charge in [-0.15, -0.1) is 0 Å². The molecule has 0 spiro atoms. The fraction of sp³-hybridized carbons (Fsp3) is 0.348. The number of rotatable bonds is 9. The fourth-order valence-corrected chi connectivity index (χ4v) is 2.92. The average molecular weight is 426 g/mol. The van der Waals surface area contributed by atoms with Crippen molar-refractivity contribution in [3.05, 3.63) is 53.6 Å². The lowest BCUT2D eigenvalue weighted by atomic mass is 10.2. The zero-order valence-corrected chi connectivity index (χ0v) is 17.8. The lowest BCUT2D eigenvalue weighted by molar-refractivity contribution is -0.129. The van der Waals surface area contributed by atoms with Crippen LogP contribution in [0.15, 0.2) is 42.5 Å². The zero-order chi connectivity index (χ0) is 22.4. The van der Waals surface area contributed by atoms with Crippen molar-refractivity contribution in [2.24, 2.45) is 5.92 Å². The maximum atomic E-state index is 12.4. The van der Waals surface area contributed by atoms with E-state index in [1.807, 2.05) is 0 Å². The molecular formula is C23H26N2O6. The van der Waals surface area contributed by atoms with Crippen molar-refractivity contribution in [1.82, 2.24) is 5.32 Å². The second-order valence-electron chi connectivity index (χ2n) is 7.30. The topological polar surface area (TPSA) is 103 Å². The Balaban J connectivity index is 1.53. The normalized spacial score (nSPS) is 13.6. The molecular weight excluding hydrogens is 400 g/mol. The van der Waals surface area contributed by atoms with Crippen LogP contribution in [-0.4, -0.2) is 38.1 Å². The molecule has 8 nitrogen and oxygen atoms in total. The molecule has 0 saturated heterocycles. The van der Waals surface area contributed by atoms with Crippen LogP contribution in [0.1, 0.15) is 35.7 Å². The standard InChI is InChI=1S/C23H26N2O6/c1-14(21(26)24-13-15-7-10-19(29-2)20(11-15)30-3)31-23(28)17-5-4-6-18(12-17)25-22(27)16-8-9-16/h4-7,10-12,14,16H,8-9,13H2,1-3H3,(H,24,26)(H,25,27). The van der Waals surface area contributed by atoms with Crippen LogP contribution in [0.2, 0.25) is 0 Å². The van der Waals surface area contributed by atoms with Crippen molar-refractivity contribution in [3.8, 4) is 11.5 Å². The first kappa shape index (κ1) is 22.1. The Morgan fingerprint density at radius 2 is 1.77 bits per heavy atom. The minimum atomic E-state index is -0.989. The summed E-state index contributed by atoms with van der Waals surface area (Å²) < 4.78 is 15.7. The smallest absolute Gasteiger partial charge is 0.338 e. The van der Waals surface area contributed by atoms with Gasteiger partial charge in [-0.25, -0.2) is 4.79 Å². The molecule has 0 bridgehead atoms. The highest BCUT2D eigenvalue weighted by Crippen LogP contribution is 2.30. The van der Waals surface area contributed by atoms with Gasteiger partial charge in [-0.1, -0.05) is 12.1 Å². The Morgan fingerprint density at radius 3 is 2.45 bits per heavy atom. The number of nitrogens with one attached hydrogen (secondary N) is 2. The van der Waals surface area contributed by atoms with Crippen molar-refractivity contribution in [2.45, 2.75) is 32.4 Å². The van der Waals surface area contributed by atoms with Crippen LogP contribution < -0.4 is 20.1 Å². The molecule has 0 radical (unpaired) electrons. The zero-order valence-electron chi connectivity index (χ0n) is 17.8. The predicted octanol–water partition coefficient (Wildman–Crippen LogP) is 2.91. The maximum absolute atomic E-state index is 12.4. The number of ether oxygens (including phenoxy) is 3. The Kier molecular flexibility index (Phi) is 7.12. The quantitative estimate of drug-likeness (QED) is 0.598. The third-order valence-electron chi connectivity index (χ3n) is 4.88. The van der Waals surface area contributed by atoms with Crippen molar-refractivity contribution in [3.63, 3.8) is 0 Å². The molecule has 1 saturated carbocycles. The van der Waals surface area contributed by atoms with Crippen LogP contribution in [0.4, 0.5) is 5.69 Å². The van der Waals surface area contributed by atoms with Gasteiger partial charge in [0.15, 0.2) is 17.6 Å². The number of anilines is 1. The molecule has 31 heavy (non-hydrogen) atoms. The van der Waals surface area contributed by atoms with Crippen LogP contribution in [0.25, 0.3) is 0 Å². The van der Waals surface area contributed by atoms with Gasteiger partial charge in [-0.05, 0) is 55.7 Å². The molecule has 1 fully saturated rings. The molecule has 2 amide bonds. The van der Waals surface area contributed by atoms with Gasteiger partial charge in [-0.3, -0.25) is 9.59 Å². The molecule has 2 aromatic carbocycles. The summed E-state index contributed by atoms with van der Waals surface area (Å²) >= 11 is 0. The molecule has 0 heterocycles. The van der Waals surface area contributed by atoms with Crippen LogP contribution in [-0.2, 0) is 20.9 Å². The predicted molar refractivity (Wildman–Crippen MR) is 114 cm³/mol. The summed E-state index contributed by atoms with van der Waals surface area (Å²) in [7, 11) is 3.08. The van der Waals surface area contributed by atoms with Crippen molar-refractivity contribution < 1.29 is 28.6 Å². The van der Waals surface area contributed by atoms with E-state index in [0.717, 1.165) is 18.4 Å². The number of hydrogen-bond acceptors (Lipinski definition) is 6. The molecule has 1 aliphatic carbocycles. The van der Waals surface area contributed by atoms with Crippen molar-refractivity contribution in [2.75, 3.05) is 19.5 Å². The van der Waals surface area contributed by atoms with E-state index in [9.17, 15) is 14.4 Å². The number of carbonyl (C=O) groups excluding carboxylic acids is 3. The second kappa shape index (κ2) is 9.97. The van der Waals surface area contributed by atoms with E-state index in [0.29, 0.717) is 17.2 Å². The van der Waals surface area contributed by atoms with E-state index in [2.05, 4.69) is 10.6 Å². The summed E-state index contributed by atoms with van der Waals surface area (Å²) in [6, 6.07) is 11.8. The summed E-state index contributed by atoms with van der Waals surface area (Å²) in [4.78, 5) is 36.7. The summed E-state index contributed by atoms with van der Waals surface area (Å²) in [5, 5.41) is 5.52. The Bertz CT molecular complexity index is 970. The van der Waals surface area contributed by atoms with Crippen molar-refractivity contribution in [1.29, 1.82) is 0 Å². The van der Waals surface area contributed by atoms with E-state index < -0.39 is 18.0 Å². The molecule has 1 unspecified atom stereocenters. The van der Waals surface area contributed by atoms with E-state index in [4.69, 9.17) is 14.2 Å². The van der Waals surface area contributed by atoms with Crippen LogP contribution in [0, 0.1) is 5.92 Å². The molecule has 3 rings (SSSR count). The summed E-state index contributed by atoms with van der Waals surface area (Å²) in [5.41, 5.74) is 1.59. The summed E-state index contributed by atoms with van der Waals surface area (Å²) in [6.07, 6.45) is 0.796. The van der Waals surface area contributed by atoms with Gasteiger partial charge in [0.25, 0.3) is 5.91 Å². The van der Waals surface area contributed by atoms with Gasteiger partial charge in [0, 0.05) is 18.2 Å². The van der Waals surface area contributed by atoms with Gasteiger partial charge in [0.05, 0.1) is 19.8 Å². The maximum Gasteiger partial charge on any atom is 0.338 e. The Morgan fingerprint density at radius 1 is 1.03 bits per heavy atom. The number of carbonyl (C=O) groups is 3. The first-order valence-electron chi connectivity index (χ1n) is 10.0. The third kappa shape index (κ3) is 5.97. The minimum absolute atomic E-state index is 0.0478. The van der Waals surface area contributed by atoms with Crippen molar-refractivity contribution >= 4 is 23.5 Å². The number of esters is 1. The lowest BCUT2D eigenvalue weighted by Crippen LogP contribution is -2.35. The highest BCUT2D eigenvalue weighted by molar-refractivity contribution is 5.97. The lowest BCUT2D eigenvalue weighted by Gasteiger charge is -2.15. The fourth-order valence-electron chi connectivity index (χ4n) is 2.92. The van der Waals surface area contributed by atoms with Gasteiger partial charge in [-0.2, -0.15) is 0 Å². The molecule has 0 aliphatic heterocycles. The Labute approximate surface area is 180 Å². The first-order valence-corrected chi connectivity index (χ1v) is 10.0. The highest BCUT2D eigenvalue weighted by atomic mass is 16.5. The SMILES string of the molecule is COc1ccc(CNC(=O)C(C)OC(=O)c2cccc(NC(=O)C3CC3)c2)cc1OC. The third-order valence-corrected chi connectivity index (χ3v) is 4.88. The van der Waals surface area contributed by atoms with E-state index in [1.165, 1.54) is 20.1 Å². The number of methoxy groups -OCH3 is 2. The molecule has 8 heteroatoms. The molecule has 2 N–H and O–H groups in total. The van der Waals surface area contributed by atoms with Crippen LogP contribution in [0.5, 0.6) is 11.5 Å². The Hall–Kier alpha value is -3.55. The molecule has 164 valence electrons. The summed E-state index contributed by atoms with van der Waals surface area (Å²) in [5.74, 6) is 0.0915. The summed E-state index contributed by atoms with van der Waals surface area (Å²) in [6.45, 7) is 1.74. The monoisotopic (exact) mass is 426 g/mol. The van der Waals surface area contributed by atoms with E-state index >= 15 is 0 Å². The van der Waals surface area contributed by atoms with E-state index in [1.54, 1.807) is 43.5 Å². The minimum Gasteiger partial charge on any atom is -0.493 e. The first-order chi connectivity index (χ1) is 14.9. The van der Waals surface area contributed by atoms with Gasteiger partial charge >= 0.3 is 5.97 Å². The molecule has 1 atom stereocenters.